The van der Waals surface area contributed by atoms with E-state index in [9.17, 15) is 9.59 Å². The van der Waals surface area contributed by atoms with E-state index in [1.54, 1.807) is 0 Å². The smallest absolute Gasteiger partial charge is 0.452 e. The van der Waals surface area contributed by atoms with Gasteiger partial charge in [-0.2, -0.15) is 0 Å². The molecule has 0 aromatic heterocycles. The number of amides is 2. The summed E-state index contributed by atoms with van der Waals surface area (Å²) in [7, 11) is -2.05. The number of nitrogens with zero attached hydrogens (tertiary/aromatic N) is 2. The van der Waals surface area contributed by atoms with E-state index in [2.05, 4.69) is 17.2 Å². The number of hydrogen-bond donors (Lipinski definition) is 0. The third kappa shape index (κ3) is 8.91. The summed E-state index contributed by atoms with van der Waals surface area (Å²) >= 11 is 0. The molecule has 0 aliphatic carbocycles. The molecule has 22 heavy (non-hydrogen) atoms. The van der Waals surface area contributed by atoms with Crippen molar-refractivity contribution in [2.45, 2.75) is 77.9 Å². The minimum atomic E-state index is -2.05. The van der Waals surface area contributed by atoms with Crippen LogP contribution < -0.4 is 0 Å². The van der Waals surface area contributed by atoms with Gasteiger partial charge in [-0.15, -0.1) is 0 Å². The first-order valence-electron chi connectivity index (χ1n) is 8.35. The zero-order valence-electron chi connectivity index (χ0n) is 14.4. The maximum absolute atomic E-state index is 11.6. The van der Waals surface area contributed by atoms with Gasteiger partial charge in [-0.05, 0) is 24.6 Å². The molecule has 0 saturated carbocycles. The highest BCUT2D eigenvalue weighted by Gasteiger charge is 2.32. The fourth-order valence-corrected chi connectivity index (χ4v) is 4.49. The fourth-order valence-electron chi connectivity index (χ4n) is 2.15. The molecule has 0 rings (SSSR count). The van der Waals surface area contributed by atoms with Gasteiger partial charge in [-0.25, -0.2) is 9.59 Å². The maximum atomic E-state index is 11.6. The van der Waals surface area contributed by atoms with Crippen LogP contribution in [0.3, 0.4) is 0 Å². The van der Waals surface area contributed by atoms with Crippen LogP contribution in [0.1, 0.15) is 59.8 Å². The molecule has 0 radical (unpaired) electrons. The minimum absolute atomic E-state index is 0.314. The molecule has 128 valence electrons. The Morgan fingerprint density at radius 2 is 1.36 bits per heavy atom. The quantitative estimate of drug-likeness (QED) is 0.293. The van der Waals surface area contributed by atoms with Crippen LogP contribution in [0.15, 0.2) is 10.2 Å². The Bertz CT molecular complexity index is 349. The predicted octanol–water partition coefficient (Wildman–Crippen LogP) is 5.69. The zero-order valence-corrected chi connectivity index (χ0v) is 15.4. The van der Waals surface area contributed by atoms with Gasteiger partial charge in [0.1, 0.15) is 0 Å². The van der Waals surface area contributed by atoms with E-state index in [-0.39, 0.29) is 0 Å². The number of unbranched alkanes of at least 4 members (excludes halogenated alkanes) is 4. The summed E-state index contributed by atoms with van der Waals surface area (Å²) in [5.41, 5.74) is 0. The highest BCUT2D eigenvalue weighted by atomic mass is 28.4. The number of carbonyl (C=O) groups is 2. The maximum Gasteiger partial charge on any atom is 0.452 e. The second-order valence-electron chi connectivity index (χ2n) is 5.34. The summed E-state index contributed by atoms with van der Waals surface area (Å²) in [4.78, 5) is 23.0. The van der Waals surface area contributed by atoms with E-state index in [1.165, 1.54) is 12.8 Å². The van der Waals surface area contributed by atoms with E-state index in [0.717, 1.165) is 37.4 Å². The van der Waals surface area contributed by atoms with Crippen molar-refractivity contribution in [3.05, 3.63) is 0 Å². The molecule has 0 spiro atoms. The summed E-state index contributed by atoms with van der Waals surface area (Å²) in [5, 5.41) is 6.56. The van der Waals surface area contributed by atoms with Crippen molar-refractivity contribution in [1.82, 2.24) is 0 Å². The summed E-state index contributed by atoms with van der Waals surface area (Å²) in [6.07, 6.45) is 3.73. The molecular formula is C15H30N2O4Si. The average Bonchev–Trinajstić information content (AvgIpc) is 2.54. The van der Waals surface area contributed by atoms with E-state index in [1.807, 2.05) is 20.8 Å². The molecular weight excluding hydrogens is 300 g/mol. The SMILES string of the molecule is CCCCCCCOC(=O)/N=N/C(=O)O[Si](CC)(CC)CC. The van der Waals surface area contributed by atoms with Crippen LogP contribution in [0.5, 0.6) is 0 Å². The van der Waals surface area contributed by atoms with Crippen molar-refractivity contribution in [2.24, 2.45) is 10.2 Å². The summed E-state index contributed by atoms with van der Waals surface area (Å²) < 4.78 is 10.3. The molecule has 0 unspecified atom stereocenters. The van der Waals surface area contributed by atoms with Crippen LogP contribution in [0.4, 0.5) is 9.59 Å². The van der Waals surface area contributed by atoms with Gasteiger partial charge in [-0.1, -0.05) is 63.6 Å². The number of ether oxygens (including phenoxy) is 1. The number of rotatable bonds is 10. The van der Waals surface area contributed by atoms with E-state index in [0.29, 0.717) is 6.61 Å². The topological polar surface area (TPSA) is 77.3 Å². The van der Waals surface area contributed by atoms with Gasteiger partial charge in [0, 0.05) is 0 Å². The molecule has 0 aromatic rings. The van der Waals surface area contributed by atoms with Crippen molar-refractivity contribution in [2.75, 3.05) is 6.61 Å². The van der Waals surface area contributed by atoms with Crippen LogP contribution in [0.2, 0.25) is 18.1 Å². The van der Waals surface area contributed by atoms with Crippen molar-refractivity contribution < 1.29 is 18.8 Å². The molecule has 0 bridgehead atoms. The molecule has 0 heterocycles. The van der Waals surface area contributed by atoms with Gasteiger partial charge in [0.25, 0.3) is 8.32 Å². The lowest BCUT2D eigenvalue weighted by molar-refractivity contribution is 0.151. The molecule has 0 aliphatic rings. The molecule has 0 aliphatic heterocycles. The molecule has 0 aromatic carbocycles. The lowest BCUT2D eigenvalue weighted by atomic mass is 10.2. The highest BCUT2D eigenvalue weighted by molar-refractivity contribution is 6.74. The zero-order chi connectivity index (χ0) is 16.8. The Kier molecular flexibility index (Phi) is 11.6. The van der Waals surface area contributed by atoms with Crippen LogP contribution >= 0.6 is 0 Å². The van der Waals surface area contributed by atoms with Gasteiger partial charge < -0.3 is 9.16 Å². The van der Waals surface area contributed by atoms with Crippen LogP contribution in [-0.4, -0.2) is 27.1 Å². The number of hydrogen-bond acceptors (Lipinski definition) is 4. The molecule has 0 atom stereocenters. The van der Waals surface area contributed by atoms with E-state index in [4.69, 9.17) is 9.16 Å². The van der Waals surface area contributed by atoms with Crippen LogP contribution in [0.25, 0.3) is 0 Å². The van der Waals surface area contributed by atoms with Gasteiger partial charge in [0.2, 0.25) is 0 Å². The van der Waals surface area contributed by atoms with Crippen LogP contribution in [-0.2, 0) is 9.16 Å². The van der Waals surface area contributed by atoms with Crippen LogP contribution in [0, 0.1) is 0 Å². The lowest BCUT2D eigenvalue weighted by Crippen LogP contribution is -2.37. The van der Waals surface area contributed by atoms with Gasteiger partial charge in [0.15, 0.2) is 0 Å². The largest absolute Gasteiger partial charge is 0.501 e. The third-order valence-corrected chi connectivity index (χ3v) is 8.40. The summed E-state index contributed by atoms with van der Waals surface area (Å²) in [5.74, 6) is 0. The third-order valence-electron chi connectivity index (χ3n) is 3.92. The molecule has 0 N–H and O–H groups in total. The Morgan fingerprint density at radius 3 is 1.91 bits per heavy atom. The first-order chi connectivity index (χ1) is 10.5. The standard InChI is InChI=1S/C15H30N2O4Si/c1-5-9-10-11-12-13-20-14(18)16-17-15(19)21-22(6-2,7-3)8-4/h5-13H2,1-4H3/b17-16+. The normalized spacial score (nSPS) is 11.6. The highest BCUT2D eigenvalue weighted by Crippen LogP contribution is 2.22. The monoisotopic (exact) mass is 330 g/mol. The minimum Gasteiger partial charge on any atom is -0.501 e. The Hall–Kier alpha value is -1.24. The Morgan fingerprint density at radius 1 is 0.818 bits per heavy atom. The molecule has 7 heteroatoms. The lowest BCUT2D eigenvalue weighted by Gasteiger charge is -2.25. The Labute approximate surface area is 134 Å². The molecule has 0 saturated heterocycles. The summed E-state index contributed by atoms with van der Waals surface area (Å²) in [6, 6.07) is 2.51. The summed E-state index contributed by atoms with van der Waals surface area (Å²) in [6.45, 7) is 8.49. The van der Waals surface area contributed by atoms with Crippen molar-refractivity contribution in [3.63, 3.8) is 0 Å². The number of carbonyl (C=O) groups excluding carboxylic acids is 2. The second kappa shape index (κ2) is 12.3. The number of azo groups is 1. The van der Waals surface area contributed by atoms with Crippen molar-refractivity contribution in [1.29, 1.82) is 0 Å². The van der Waals surface area contributed by atoms with Gasteiger partial charge in [-0.3, -0.25) is 0 Å². The molecule has 2 amide bonds. The first-order valence-corrected chi connectivity index (χ1v) is 10.9. The fraction of sp³-hybridized carbons (Fsp3) is 0.867. The second-order valence-corrected chi connectivity index (χ2v) is 10.0. The molecule has 0 fully saturated rings. The van der Waals surface area contributed by atoms with E-state index >= 15 is 0 Å². The molecule has 6 nitrogen and oxygen atoms in total. The van der Waals surface area contributed by atoms with Gasteiger partial charge >= 0.3 is 12.2 Å². The average molecular weight is 331 g/mol. The van der Waals surface area contributed by atoms with Gasteiger partial charge in [0.05, 0.1) is 6.61 Å². The Balaban J connectivity index is 4.03. The van der Waals surface area contributed by atoms with Crippen molar-refractivity contribution in [3.8, 4) is 0 Å². The first kappa shape index (κ1) is 20.8. The van der Waals surface area contributed by atoms with Crippen molar-refractivity contribution >= 4 is 20.5 Å². The van der Waals surface area contributed by atoms with E-state index < -0.39 is 20.5 Å². The predicted molar refractivity (Wildman–Crippen MR) is 88.6 cm³/mol.